The Balaban J connectivity index is 0.000000810. The molecule has 0 bridgehead atoms. The summed E-state index contributed by atoms with van der Waals surface area (Å²) in [4.78, 5) is 0. The molecule has 0 aliphatic heterocycles. The third-order valence-electron chi connectivity index (χ3n) is 0.768. The molecule has 0 spiro atoms. The van der Waals surface area contributed by atoms with E-state index < -0.39 is 0 Å². The molecule has 0 fully saturated rings. The maximum absolute atomic E-state index is 3.33. The molecule has 1 aromatic carbocycles. The predicted octanol–water partition coefficient (Wildman–Crippen LogP) is 0.778. The van der Waals surface area contributed by atoms with Crippen molar-refractivity contribution in [1.29, 1.82) is 0 Å². The maximum atomic E-state index is 3.33. The maximum Gasteiger partial charge on any atom is 1.00 e. The van der Waals surface area contributed by atoms with E-state index in [2.05, 4.69) is 53.9 Å². The van der Waals surface area contributed by atoms with Crippen LogP contribution in [0.5, 0.6) is 0 Å². The van der Waals surface area contributed by atoms with Crippen LogP contribution in [-0.4, -0.2) is 0 Å². The standard InChI is InChI=1S/C6H2Br3.Li/c7-4-1-5(8)3-6(9)2-4;/h1-2H;/q-1;+1. The third kappa shape index (κ3) is 3.59. The molecule has 10 heavy (non-hydrogen) atoms. The fourth-order valence-corrected chi connectivity index (χ4v) is 2.73. The topological polar surface area (TPSA) is 0 Å². The van der Waals surface area contributed by atoms with Gasteiger partial charge in [0, 0.05) is 0 Å². The van der Waals surface area contributed by atoms with Gasteiger partial charge in [0.25, 0.3) is 0 Å². The molecule has 0 aromatic heterocycles. The summed E-state index contributed by atoms with van der Waals surface area (Å²) < 4.78 is 2.94. The van der Waals surface area contributed by atoms with Gasteiger partial charge in [-0.15, -0.1) is 12.1 Å². The van der Waals surface area contributed by atoms with Crippen LogP contribution in [0.15, 0.2) is 25.6 Å². The second-order valence-electron chi connectivity index (χ2n) is 1.49. The molecule has 1 rings (SSSR count). The molecule has 0 saturated carbocycles. The largest absolute Gasteiger partial charge is 1.00 e. The molecule has 0 amide bonds. The molecule has 0 N–H and O–H groups in total. The molecule has 0 unspecified atom stereocenters. The Morgan fingerprint density at radius 1 is 1.00 bits per heavy atom. The van der Waals surface area contributed by atoms with E-state index in [9.17, 15) is 0 Å². The van der Waals surface area contributed by atoms with Gasteiger partial charge in [0.05, 0.1) is 0 Å². The summed E-state index contributed by atoms with van der Waals surface area (Å²) in [7, 11) is 0. The SMILES string of the molecule is Brc1[c-]c(Br)cc(Br)c1.[Li+]. The first kappa shape index (κ1) is 11.3. The molecule has 0 atom stereocenters. The molecular formula is C6H2Br3Li. The van der Waals surface area contributed by atoms with Crippen molar-refractivity contribution in [2.75, 3.05) is 0 Å². The predicted molar refractivity (Wildman–Crippen MR) is 48.4 cm³/mol. The van der Waals surface area contributed by atoms with E-state index in [1.54, 1.807) is 0 Å². The van der Waals surface area contributed by atoms with Crippen molar-refractivity contribution in [1.82, 2.24) is 0 Å². The van der Waals surface area contributed by atoms with Crippen LogP contribution >= 0.6 is 47.8 Å². The summed E-state index contributed by atoms with van der Waals surface area (Å²) in [6.07, 6.45) is 0. The van der Waals surface area contributed by atoms with E-state index in [1.807, 2.05) is 12.1 Å². The van der Waals surface area contributed by atoms with Crippen molar-refractivity contribution >= 4 is 47.8 Å². The van der Waals surface area contributed by atoms with E-state index in [0.29, 0.717) is 0 Å². The minimum absolute atomic E-state index is 0. The molecule has 0 heterocycles. The Hall–Kier alpha value is 1.26. The van der Waals surface area contributed by atoms with Gasteiger partial charge in [0.15, 0.2) is 0 Å². The van der Waals surface area contributed by atoms with E-state index in [4.69, 9.17) is 0 Å². The normalized spacial score (nSPS) is 8.70. The fourth-order valence-electron chi connectivity index (χ4n) is 0.470. The van der Waals surface area contributed by atoms with Gasteiger partial charge in [0.2, 0.25) is 0 Å². The Bertz CT molecular complexity index is 174. The monoisotopic (exact) mass is 318 g/mol. The molecule has 4 heteroatoms. The van der Waals surface area contributed by atoms with Crippen LogP contribution in [0.3, 0.4) is 0 Å². The Labute approximate surface area is 97.3 Å². The molecule has 0 aliphatic rings. The fraction of sp³-hybridized carbons (Fsp3) is 0. The second kappa shape index (κ2) is 5.00. The van der Waals surface area contributed by atoms with Gasteiger partial charge in [-0.05, 0) is 0 Å². The second-order valence-corrected chi connectivity index (χ2v) is 4.12. The van der Waals surface area contributed by atoms with Gasteiger partial charge in [-0.2, -0.15) is 6.07 Å². The van der Waals surface area contributed by atoms with E-state index >= 15 is 0 Å². The molecule has 0 nitrogen and oxygen atoms in total. The summed E-state index contributed by atoms with van der Waals surface area (Å²) in [6.45, 7) is 0. The number of rotatable bonds is 0. The van der Waals surface area contributed by atoms with Gasteiger partial charge in [0.1, 0.15) is 0 Å². The van der Waals surface area contributed by atoms with Crippen LogP contribution in [0, 0.1) is 6.07 Å². The Morgan fingerprint density at radius 2 is 1.40 bits per heavy atom. The van der Waals surface area contributed by atoms with E-state index in [-0.39, 0.29) is 18.9 Å². The number of hydrogen-bond donors (Lipinski definition) is 0. The number of halogens is 3. The van der Waals surface area contributed by atoms with Crippen LogP contribution in [-0.2, 0) is 0 Å². The molecular weight excluding hydrogens is 319 g/mol. The van der Waals surface area contributed by atoms with Crippen LogP contribution in [0.25, 0.3) is 0 Å². The van der Waals surface area contributed by atoms with Crippen molar-refractivity contribution in [2.45, 2.75) is 0 Å². The Kier molecular flexibility index (Phi) is 5.63. The van der Waals surface area contributed by atoms with Crippen molar-refractivity contribution in [3.63, 3.8) is 0 Å². The van der Waals surface area contributed by atoms with Gasteiger partial charge in [-0.25, -0.2) is 0 Å². The first-order valence-electron chi connectivity index (χ1n) is 2.22. The van der Waals surface area contributed by atoms with E-state index in [0.717, 1.165) is 13.4 Å². The van der Waals surface area contributed by atoms with Crippen molar-refractivity contribution < 1.29 is 18.9 Å². The van der Waals surface area contributed by atoms with Crippen molar-refractivity contribution in [3.05, 3.63) is 31.6 Å². The summed E-state index contributed by atoms with van der Waals surface area (Å²) in [5, 5.41) is 0. The summed E-state index contributed by atoms with van der Waals surface area (Å²) in [6, 6.07) is 6.88. The third-order valence-corrected chi connectivity index (χ3v) is 2.08. The zero-order valence-corrected chi connectivity index (χ0v) is 10.0. The van der Waals surface area contributed by atoms with E-state index in [1.165, 1.54) is 0 Å². The smallest absolute Gasteiger partial charge is 0.154 e. The van der Waals surface area contributed by atoms with Gasteiger partial charge >= 0.3 is 18.9 Å². The Morgan fingerprint density at radius 3 is 1.70 bits per heavy atom. The summed E-state index contributed by atoms with van der Waals surface area (Å²) in [5.41, 5.74) is 0. The van der Waals surface area contributed by atoms with Crippen LogP contribution in [0.2, 0.25) is 0 Å². The summed E-state index contributed by atoms with van der Waals surface area (Å²) >= 11 is 9.93. The first-order valence-corrected chi connectivity index (χ1v) is 4.60. The minimum Gasteiger partial charge on any atom is -0.154 e. The molecule has 0 saturated heterocycles. The molecule has 0 aliphatic carbocycles. The van der Waals surface area contributed by atoms with Crippen LogP contribution in [0.4, 0.5) is 0 Å². The number of benzene rings is 1. The van der Waals surface area contributed by atoms with Gasteiger partial charge in [-0.1, -0.05) is 61.2 Å². The van der Waals surface area contributed by atoms with Gasteiger partial charge < -0.3 is 0 Å². The molecule has 1 aromatic rings. The molecule has 48 valence electrons. The van der Waals surface area contributed by atoms with Crippen molar-refractivity contribution in [3.8, 4) is 0 Å². The minimum atomic E-state index is 0. The zero-order chi connectivity index (χ0) is 6.85. The average molecular weight is 321 g/mol. The first-order chi connectivity index (χ1) is 4.18. The average Bonchev–Trinajstić information content (AvgIpc) is 1.59. The van der Waals surface area contributed by atoms with Crippen LogP contribution < -0.4 is 18.9 Å². The summed E-state index contributed by atoms with van der Waals surface area (Å²) in [5.74, 6) is 0. The quantitative estimate of drug-likeness (QED) is 0.489. The van der Waals surface area contributed by atoms with Gasteiger partial charge in [-0.3, -0.25) is 0 Å². The zero-order valence-electron chi connectivity index (χ0n) is 5.29. The number of hydrogen-bond acceptors (Lipinski definition) is 0. The van der Waals surface area contributed by atoms with Crippen LogP contribution in [0.1, 0.15) is 0 Å². The van der Waals surface area contributed by atoms with Crippen molar-refractivity contribution in [2.24, 2.45) is 0 Å². The molecule has 0 radical (unpaired) electrons.